The normalized spacial score (nSPS) is 21.8. The maximum absolute atomic E-state index is 6.78. The molecule has 3 aliphatic rings. The number of rotatable bonds is 5. The van der Waals surface area contributed by atoms with Crippen molar-refractivity contribution in [2.24, 2.45) is 0 Å². The Morgan fingerprint density at radius 2 is 1.77 bits per heavy atom. The molecule has 2 aliphatic heterocycles. The molecule has 2 aromatic carbocycles. The van der Waals surface area contributed by atoms with E-state index >= 15 is 0 Å². The van der Waals surface area contributed by atoms with Crippen molar-refractivity contribution in [3.05, 3.63) is 59.7 Å². The van der Waals surface area contributed by atoms with Gasteiger partial charge in [0.05, 0.1) is 25.0 Å². The van der Waals surface area contributed by atoms with E-state index in [2.05, 4.69) is 40.8 Å². The molecule has 5 rings (SSSR count). The highest BCUT2D eigenvalue weighted by atomic mass is 16.6. The monoisotopic (exact) mass is 406 g/mol. The molecule has 30 heavy (non-hydrogen) atoms. The number of fused-ring (bicyclic) bond motifs is 4. The maximum Gasteiger partial charge on any atom is 0.180 e. The second kappa shape index (κ2) is 7.88. The summed E-state index contributed by atoms with van der Waals surface area (Å²) in [6.45, 7) is 5.33. The summed E-state index contributed by atoms with van der Waals surface area (Å²) in [6.07, 6.45) is 7.97. The fourth-order valence-corrected chi connectivity index (χ4v) is 4.94. The highest BCUT2D eigenvalue weighted by molar-refractivity contribution is 5.68. The standard InChI is InChI=1S/C25H30N2O3/c1-3-28-19-13-11-18(12-14-19)21-17-22-20-9-8-10-23(29-4-2)24(20)30-25(27(22)26-21)15-6-5-7-16-25/h8-14,17,22,26H,3-7,15-16H2,1-2H3. The van der Waals surface area contributed by atoms with Crippen molar-refractivity contribution in [2.75, 3.05) is 13.2 Å². The molecule has 2 aromatic rings. The summed E-state index contributed by atoms with van der Waals surface area (Å²) in [4.78, 5) is 0. The number of hydrogen-bond donors (Lipinski definition) is 1. The molecule has 1 atom stereocenters. The second-order valence-electron chi connectivity index (χ2n) is 8.18. The first-order valence-corrected chi connectivity index (χ1v) is 11.2. The fraction of sp³-hybridized carbons (Fsp3) is 0.440. The largest absolute Gasteiger partial charge is 0.494 e. The molecule has 0 radical (unpaired) electrons. The highest BCUT2D eigenvalue weighted by Gasteiger charge is 2.51. The van der Waals surface area contributed by atoms with Crippen LogP contribution in [0.4, 0.5) is 0 Å². The van der Waals surface area contributed by atoms with Gasteiger partial charge in [-0.15, -0.1) is 0 Å². The molecule has 1 N–H and O–H groups in total. The number of nitrogens with zero attached hydrogens (tertiary/aromatic N) is 1. The van der Waals surface area contributed by atoms with Crippen molar-refractivity contribution >= 4 is 5.70 Å². The Balaban J connectivity index is 1.54. The molecule has 0 amide bonds. The highest BCUT2D eigenvalue weighted by Crippen LogP contribution is 2.52. The van der Waals surface area contributed by atoms with E-state index in [4.69, 9.17) is 14.2 Å². The van der Waals surface area contributed by atoms with Gasteiger partial charge in [0.25, 0.3) is 0 Å². The van der Waals surface area contributed by atoms with E-state index < -0.39 is 0 Å². The van der Waals surface area contributed by atoms with E-state index in [1.807, 2.05) is 32.0 Å². The first kappa shape index (κ1) is 19.3. The van der Waals surface area contributed by atoms with Crippen LogP contribution in [0.5, 0.6) is 17.2 Å². The predicted molar refractivity (Wildman–Crippen MR) is 117 cm³/mol. The third kappa shape index (κ3) is 3.21. The Hall–Kier alpha value is -2.66. The molecule has 2 heterocycles. The molecule has 1 saturated carbocycles. The third-order valence-electron chi connectivity index (χ3n) is 6.31. The van der Waals surface area contributed by atoms with Crippen LogP contribution in [0.15, 0.2) is 48.5 Å². The number of ether oxygens (including phenoxy) is 3. The Bertz CT molecular complexity index is 932. The molecule has 0 bridgehead atoms. The van der Waals surface area contributed by atoms with Crippen molar-refractivity contribution in [2.45, 2.75) is 57.7 Å². The van der Waals surface area contributed by atoms with Gasteiger partial charge in [0.15, 0.2) is 17.2 Å². The lowest BCUT2D eigenvalue weighted by Crippen LogP contribution is -2.60. The van der Waals surface area contributed by atoms with Crippen molar-refractivity contribution in [1.82, 2.24) is 10.4 Å². The van der Waals surface area contributed by atoms with Crippen LogP contribution >= 0.6 is 0 Å². The van der Waals surface area contributed by atoms with E-state index in [9.17, 15) is 0 Å². The lowest BCUT2D eigenvalue weighted by molar-refractivity contribution is -0.151. The van der Waals surface area contributed by atoms with E-state index in [1.165, 1.54) is 19.3 Å². The summed E-state index contributed by atoms with van der Waals surface area (Å²) in [7, 11) is 0. The van der Waals surface area contributed by atoms with Gasteiger partial charge in [-0.25, -0.2) is 0 Å². The smallest absolute Gasteiger partial charge is 0.180 e. The SMILES string of the molecule is CCOc1ccc(C2=CC3c4cccc(OCC)c4OC4(CCCCC4)N3N2)cc1. The van der Waals surface area contributed by atoms with Crippen molar-refractivity contribution in [1.29, 1.82) is 0 Å². The topological polar surface area (TPSA) is 43.0 Å². The summed E-state index contributed by atoms with van der Waals surface area (Å²) in [6, 6.07) is 14.7. The third-order valence-corrected chi connectivity index (χ3v) is 6.31. The van der Waals surface area contributed by atoms with Gasteiger partial charge in [0.1, 0.15) is 5.75 Å². The quantitative estimate of drug-likeness (QED) is 0.716. The van der Waals surface area contributed by atoms with Crippen molar-refractivity contribution < 1.29 is 14.2 Å². The van der Waals surface area contributed by atoms with Gasteiger partial charge in [0.2, 0.25) is 0 Å². The van der Waals surface area contributed by atoms with Gasteiger partial charge in [-0.05, 0) is 68.7 Å². The van der Waals surface area contributed by atoms with Gasteiger partial charge in [-0.1, -0.05) is 18.6 Å². The lowest BCUT2D eigenvalue weighted by atomic mass is 9.87. The zero-order chi connectivity index (χ0) is 20.6. The minimum absolute atomic E-state index is 0.119. The van der Waals surface area contributed by atoms with Gasteiger partial charge in [0, 0.05) is 18.4 Å². The van der Waals surface area contributed by atoms with Crippen LogP contribution in [-0.4, -0.2) is 23.9 Å². The Morgan fingerprint density at radius 3 is 2.50 bits per heavy atom. The Morgan fingerprint density at radius 1 is 1.00 bits per heavy atom. The molecule has 1 aliphatic carbocycles. The summed E-state index contributed by atoms with van der Waals surface area (Å²) in [5.74, 6) is 2.66. The summed E-state index contributed by atoms with van der Waals surface area (Å²) in [5, 5.41) is 2.34. The minimum atomic E-state index is -0.341. The zero-order valence-corrected chi connectivity index (χ0v) is 17.8. The number of hydrogen-bond acceptors (Lipinski definition) is 5. The van der Waals surface area contributed by atoms with E-state index in [-0.39, 0.29) is 11.8 Å². The van der Waals surface area contributed by atoms with Gasteiger partial charge in [-0.3, -0.25) is 0 Å². The minimum Gasteiger partial charge on any atom is -0.494 e. The van der Waals surface area contributed by atoms with Crippen LogP contribution < -0.4 is 19.6 Å². The zero-order valence-electron chi connectivity index (χ0n) is 17.8. The number of para-hydroxylation sites is 1. The molecule has 0 saturated heterocycles. The van der Waals surface area contributed by atoms with Crippen molar-refractivity contribution in [3.8, 4) is 17.2 Å². The number of hydrazine groups is 1. The molecule has 1 fully saturated rings. The number of benzene rings is 2. The first-order valence-electron chi connectivity index (χ1n) is 11.2. The van der Waals surface area contributed by atoms with Crippen LogP contribution in [0, 0.1) is 0 Å². The van der Waals surface area contributed by atoms with Crippen LogP contribution in [0.1, 0.15) is 63.1 Å². The van der Waals surface area contributed by atoms with Gasteiger partial charge in [-0.2, -0.15) is 5.01 Å². The average Bonchev–Trinajstić information content (AvgIpc) is 3.23. The van der Waals surface area contributed by atoms with Gasteiger partial charge < -0.3 is 19.6 Å². The maximum atomic E-state index is 6.78. The van der Waals surface area contributed by atoms with Crippen LogP contribution in [0.2, 0.25) is 0 Å². The van der Waals surface area contributed by atoms with Crippen LogP contribution in [-0.2, 0) is 0 Å². The molecule has 5 heteroatoms. The summed E-state index contributed by atoms with van der Waals surface area (Å²) in [5.41, 5.74) is 6.79. The summed E-state index contributed by atoms with van der Waals surface area (Å²) < 4.78 is 18.3. The number of nitrogens with one attached hydrogen (secondary N) is 1. The molecule has 158 valence electrons. The van der Waals surface area contributed by atoms with Crippen LogP contribution in [0.25, 0.3) is 5.70 Å². The predicted octanol–water partition coefficient (Wildman–Crippen LogP) is 5.44. The molecule has 1 spiro atoms. The van der Waals surface area contributed by atoms with Crippen molar-refractivity contribution in [3.63, 3.8) is 0 Å². The molecule has 1 unspecified atom stereocenters. The fourth-order valence-electron chi connectivity index (χ4n) is 4.94. The molecule has 5 nitrogen and oxygen atoms in total. The second-order valence-corrected chi connectivity index (χ2v) is 8.18. The Kier molecular flexibility index (Phi) is 5.07. The summed E-state index contributed by atoms with van der Waals surface area (Å²) >= 11 is 0. The molecular weight excluding hydrogens is 376 g/mol. The van der Waals surface area contributed by atoms with E-state index in [0.717, 1.165) is 46.9 Å². The Labute approximate surface area is 178 Å². The van der Waals surface area contributed by atoms with E-state index in [1.54, 1.807) is 0 Å². The van der Waals surface area contributed by atoms with E-state index in [0.29, 0.717) is 13.2 Å². The molecular formula is C25H30N2O3. The van der Waals surface area contributed by atoms with Gasteiger partial charge >= 0.3 is 0 Å². The lowest BCUT2D eigenvalue weighted by Gasteiger charge is -2.50. The average molecular weight is 407 g/mol. The molecule has 0 aromatic heterocycles. The first-order chi connectivity index (χ1) is 14.7. The van der Waals surface area contributed by atoms with Crippen LogP contribution in [0.3, 0.4) is 0 Å².